The maximum absolute atomic E-state index is 9.02. The van der Waals surface area contributed by atoms with E-state index < -0.39 is 0 Å². The first kappa shape index (κ1) is 11.5. The van der Waals surface area contributed by atoms with Gasteiger partial charge in [0.25, 0.3) is 0 Å². The first-order valence-corrected chi connectivity index (χ1v) is 3.79. The van der Waals surface area contributed by atoms with E-state index in [9.17, 15) is 0 Å². The van der Waals surface area contributed by atoms with E-state index in [-0.39, 0.29) is 22.4 Å². The van der Waals surface area contributed by atoms with Crippen molar-refractivity contribution in [3.05, 3.63) is 29.8 Å². The SMILES string of the molecule is Br.CC(C)(C)c1ccc(O)cc1. The highest BCUT2D eigenvalue weighted by molar-refractivity contribution is 8.93. The molecule has 0 amide bonds. The molecule has 0 saturated carbocycles. The minimum absolute atomic E-state index is 0. The molecule has 0 aliphatic rings. The molecule has 0 atom stereocenters. The highest BCUT2D eigenvalue weighted by Crippen LogP contribution is 2.23. The summed E-state index contributed by atoms with van der Waals surface area (Å²) in [5.41, 5.74) is 1.42. The minimum atomic E-state index is 0. The summed E-state index contributed by atoms with van der Waals surface area (Å²) >= 11 is 0. The van der Waals surface area contributed by atoms with Gasteiger partial charge in [-0.2, -0.15) is 0 Å². The fourth-order valence-electron chi connectivity index (χ4n) is 0.961. The number of hydrogen-bond donors (Lipinski definition) is 1. The van der Waals surface area contributed by atoms with Gasteiger partial charge in [0.2, 0.25) is 0 Å². The summed E-state index contributed by atoms with van der Waals surface area (Å²) in [6.07, 6.45) is 0. The van der Waals surface area contributed by atoms with Gasteiger partial charge in [-0.3, -0.25) is 0 Å². The molecule has 12 heavy (non-hydrogen) atoms. The van der Waals surface area contributed by atoms with Crippen molar-refractivity contribution in [1.82, 2.24) is 0 Å². The number of phenols is 1. The van der Waals surface area contributed by atoms with Crippen LogP contribution >= 0.6 is 17.0 Å². The third kappa shape index (κ3) is 2.86. The molecule has 0 bridgehead atoms. The van der Waals surface area contributed by atoms with Gasteiger partial charge in [0.15, 0.2) is 0 Å². The summed E-state index contributed by atoms with van der Waals surface area (Å²) in [5, 5.41) is 9.02. The van der Waals surface area contributed by atoms with Crippen LogP contribution in [-0.2, 0) is 5.41 Å². The fourth-order valence-corrected chi connectivity index (χ4v) is 0.961. The predicted octanol–water partition coefficient (Wildman–Crippen LogP) is 3.27. The third-order valence-electron chi connectivity index (χ3n) is 1.73. The fraction of sp³-hybridized carbons (Fsp3) is 0.400. The number of aromatic hydroxyl groups is 1. The average Bonchev–Trinajstić information content (AvgIpc) is 1.86. The van der Waals surface area contributed by atoms with Crippen LogP contribution in [0.3, 0.4) is 0 Å². The first-order valence-electron chi connectivity index (χ1n) is 3.79. The van der Waals surface area contributed by atoms with E-state index in [2.05, 4.69) is 20.8 Å². The smallest absolute Gasteiger partial charge is 0.115 e. The van der Waals surface area contributed by atoms with Crippen molar-refractivity contribution >= 4 is 17.0 Å². The summed E-state index contributed by atoms with van der Waals surface area (Å²) in [4.78, 5) is 0. The highest BCUT2D eigenvalue weighted by Gasteiger charge is 2.12. The van der Waals surface area contributed by atoms with E-state index >= 15 is 0 Å². The summed E-state index contributed by atoms with van der Waals surface area (Å²) in [7, 11) is 0. The summed E-state index contributed by atoms with van der Waals surface area (Å²) in [5.74, 6) is 0.331. The lowest BCUT2D eigenvalue weighted by Crippen LogP contribution is -2.10. The standard InChI is InChI=1S/C10H14O.BrH/c1-10(2,3)8-4-6-9(11)7-5-8;/h4-7,11H,1-3H3;1H. The quantitative estimate of drug-likeness (QED) is 0.726. The molecule has 0 aliphatic heterocycles. The Morgan fingerprint density at radius 3 is 1.75 bits per heavy atom. The van der Waals surface area contributed by atoms with Crippen molar-refractivity contribution < 1.29 is 5.11 Å². The number of phenolic OH excluding ortho intramolecular Hbond substituents is 1. The Balaban J connectivity index is 0.00000121. The molecule has 1 rings (SSSR count). The lowest BCUT2D eigenvalue weighted by Gasteiger charge is -2.18. The van der Waals surface area contributed by atoms with Crippen molar-refractivity contribution in [2.75, 3.05) is 0 Å². The summed E-state index contributed by atoms with van der Waals surface area (Å²) in [6, 6.07) is 7.35. The van der Waals surface area contributed by atoms with Crippen molar-refractivity contribution in [1.29, 1.82) is 0 Å². The van der Waals surface area contributed by atoms with Gasteiger partial charge in [-0.25, -0.2) is 0 Å². The zero-order valence-corrected chi connectivity index (χ0v) is 9.38. The van der Waals surface area contributed by atoms with E-state index in [1.165, 1.54) is 5.56 Å². The number of rotatable bonds is 0. The van der Waals surface area contributed by atoms with Crippen LogP contribution in [0.4, 0.5) is 0 Å². The van der Waals surface area contributed by atoms with Gasteiger partial charge in [-0.05, 0) is 23.1 Å². The molecule has 0 aromatic heterocycles. The van der Waals surface area contributed by atoms with E-state index in [1.807, 2.05) is 12.1 Å². The zero-order valence-electron chi connectivity index (χ0n) is 7.66. The van der Waals surface area contributed by atoms with Gasteiger partial charge in [0.1, 0.15) is 5.75 Å². The molecule has 0 aliphatic carbocycles. The maximum atomic E-state index is 9.02. The molecule has 0 unspecified atom stereocenters. The van der Waals surface area contributed by atoms with Crippen LogP contribution in [0.5, 0.6) is 5.75 Å². The molecule has 1 nitrogen and oxygen atoms in total. The second-order valence-electron chi connectivity index (χ2n) is 3.80. The van der Waals surface area contributed by atoms with Crippen LogP contribution < -0.4 is 0 Å². The van der Waals surface area contributed by atoms with Gasteiger partial charge in [0.05, 0.1) is 0 Å². The molecule has 1 aromatic carbocycles. The zero-order chi connectivity index (χ0) is 8.48. The van der Waals surface area contributed by atoms with Crippen LogP contribution in [0.25, 0.3) is 0 Å². The molecule has 0 heterocycles. The number of benzene rings is 1. The molecule has 0 saturated heterocycles. The van der Waals surface area contributed by atoms with E-state index in [4.69, 9.17) is 5.11 Å². The van der Waals surface area contributed by atoms with E-state index in [0.29, 0.717) is 5.75 Å². The third-order valence-corrected chi connectivity index (χ3v) is 1.73. The van der Waals surface area contributed by atoms with Gasteiger partial charge in [-0.15, -0.1) is 17.0 Å². The molecular weight excluding hydrogens is 216 g/mol. The minimum Gasteiger partial charge on any atom is -0.508 e. The Morgan fingerprint density at radius 2 is 1.42 bits per heavy atom. The van der Waals surface area contributed by atoms with Gasteiger partial charge in [0, 0.05) is 0 Å². The monoisotopic (exact) mass is 230 g/mol. The van der Waals surface area contributed by atoms with Crippen molar-refractivity contribution in [2.45, 2.75) is 26.2 Å². The van der Waals surface area contributed by atoms with Crippen LogP contribution in [0, 0.1) is 0 Å². The Labute approximate surface area is 84.2 Å². The number of halogens is 1. The highest BCUT2D eigenvalue weighted by atomic mass is 79.9. The lowest BCUT2D eigenvalue weighted by atomic mass is 9.87. The molecule has 1 aromatic rings. The second kappa shape index (κ2) is 3.94. The number of hydrogen-bond acceptors (Lipinski definition) is 1. The first-order chi connectivity index (χ1) is 5.00. The average molecular weight is 231 g/mol. The Bertz CT molecular complexity index is 233. The van der Waals surface area contributed by atoms with Crippen molar-refractivity contribution in [3.63, 3.8) is 0 Å². The van der Waals surface area contributed by atoms with E-state index in [1.54, 1.807) is 12.1 Å². The molecule has 0 fully saturated rings. The molecule has 1 N–H and O–H groups in total. The summed E-state index contributed by atoms with van der Waals surface area (Å²) < 4.78 is 0. The Hall–Kier alpha value is -0.500. The molecular formula is C10H15BrO. The van der Waals surface area contributed by atoms with Crippen LogP contribution in [0.2, 0.25) is 0 Å². The normalized spacial score (nSPS) is 10.6. The Morgan fingerprint density at radius 1 is 1.00 bits per heavy atom. The molecule has 0 spiro atoms. The second-order valence-corrected chi connectivity index (χ2v) is 3.80. The maximum Gasteiger partial charge on any atom is 0.115 e. The molecule has 2 heteroatoms. The van der Waals surface area contributed by atoms with Crippen molar-refractivity contribution in [2.24, 2.45) is 0 Å². The topological polar surface area (TPSA) is 20.2 Å². The van der Waals surface area contributed by atoms with Crippen LogP contribution in [-0.4, -0.2) is 5.11 Å². The largest absolute Gasteiger partial charge is 0.508 e. The van der Waals surface area contributed by atoms with Gasteiger partial charge in [-0.1, -0.05) is 32.9 Å². The van der Waals surface area contributed by atoms with Gasteiger partial charge >= 0.3 is 0 Å². The van der Waals surface area contributed by atoms with Crippen LogP contribution in [0.1, 0.15) is 26.3 Å². The van der Waals surface area contributed by atoms with Crippen LogP contribution in [0.15, 0.2) is 24.3 Å². The van der Waals surface area contributed by atoms with Gasteiger partial charge < -0.3 is 5.11 Å². The molecule has 0 radical (unpaired) electrons. The Kier molecular flexibility index (Phi) is 3.78. The lowest BCUT2D eigenvalue weighted by molar-refractivity contribution is 0.474. The van der Waals surface area contributed by atoms with E-state index in [0.717, 1.165) is 0 Å². The predicted molar refractivity (Wildman–Crippen MR) is 57.1 cm³/mol. The van der Waals surface area contributed by atoms with Crippen molar-refractivity contribution in [3.8, 4) is 5.75 Å². The summed E-state index contributed by atoms with van der Waals surface area (Å²) in [6.45, 7) is 6.46. The molecule has 68 valence electrons.